The third kappa shape index (κ3) is 4.02. The second-order valence-electron chi connectivity index (χ2n) is 8.82. The maximum absolute atomic E-state index is 11.0. The molecule has 0 saturated carbocycles. The van der Waals surface area contributed by atoms with E-state index in [1.54, 1.807) is 24.3 Å². The standard InChI is InChI=1S/C28H26O2/c1-19-4-11-22(12-5-19)24-16-17-28(2,3)26-15-10-21(18-25(24)26)7-6-20-8-13-23(14-9-20)27(29)30/h4-5,8-15,18,24H,16-17H2,1-3H3,(H,29,30). The third-order valence-corrected chi connectivity index (χ3v) is 6.18. The van der Waals surface area contributed by atoms with Crippen LogP contribution in [0.3, 0.4) is 0 Å². The van der Waals surface area contributed by atoms with Crippen LogP contribution in [0.4, 0.5) is 0 Å². The molecule has 0 amide bonds. The van der Waals surface area contributed by atoms with Crippen molar-refractivity contribution in [1.29, 1.82) is 0 Å². The molecule has 0 spiro atoms. The fourth-order valence-corrected chi connectivity index (χ4v) is 4.33. The Morgan fingerprint density at radius 3 is 2.23 bits per heavy atom. The van der Waals surface area contributed by atoms with E-state index in [-0.39, 0.29) is 11.0 Å². The predicted octanol–water partition coefficient (Wildman–Crippen LogP) is 6.30. The van der Waals surface area contributed by atoms with E-state index in [0.717, 1.165) is 17.5 Å². The lowest BCUT2D eigenvalue weighted by atomic mass is 9.67. The van der Waals surface area contributed by atoms with Crippen molar-refractivity contribution in [3.63, 3.8) is 0 Å². The molecule has 0 aliphatic heterocycles. The number of carboxylic acid groups (broad SMARTS) is 1. The van der Waals surface area contributed by atoms with Crippen LogP contribution in [0.15, 0.2) is 66.7 Å². The minimum absolute atomic E-state index is 0.162. The summed E-state index contributed by atoms with van der Waals surface area (Å²) in [6.45, 7) is 6.78. The van der Waals surface area contributed by atoms with E-state index < -0.39 is 5.97 Å². The molecule has 1 N–H and O–H groups in total. The van der Waals surface area contributed by atoms with Gasteiger partial charge in [-0.2, -0.15) is 0 Å². The molecule has 1 unspecified atom stereocenters. The van der Waals surface area contributed by atoms with Crippen molar-refractivity contribution in [1.82, 2.24) is 0 Å². The highest BCUT2D eigenvalue weighted by atomic mass is 16.4. The topological polar surface area (TPSA) is 37.3 Å². The molecule has 2 heteroatoms. The van der Waals surface area contributed by atoms with Gasteiger partial charge in [0.05, 0.1) is 5.56 Å². The fraction of sp³-hybridized carbons (Fsp3) is 0.250. The maximum Gasteiger partial charge on any atom is 0.335 e. The number of aryl methyl sites for hydroxylation is 1. The molecule has 3 aromatic carbocycles. The first kappa shape index (κ1) is 20.0. The zero-order valence-corrected chi connectivity index (χ0v) is 17.7. The maximum atomic E-state index is 11.0. The molecule has 2 nitrogen and oxygen atoms in total. The lowest BCUT2D eigenvalue weighted by molar-refractivity contribution is 0.0697. The Balaban J connectivity index is 1.70. The second kappa shape index (κ2) is 7.84. The van der Waals surface area contributed by atoms with Crippen LogP contribution in [-0.4, -0.2) is 11.1 Å². The highest BCUT2D eigenvalue weighted by Gasteiger charge is 2.33. The van der Waals surface area contributed by atoms with Gasteiger partial charge in [0.2, 0.25) is 0 Å². The van der Waals surface area contributed by atoms with Gasteiger partial charge in [-0.05, 0) is 78.3 Å². The van der Waals surface area contributed by atoms with Crippen molar-refractivity contribution < 1.29 is 9.90 Å². The molecule has 1 atom stereocenters. The van der Waals surface area contributed by atoms with Crippen molar-refractivity contribution in [2.75, 3.05) is 0 Å². The Morgan fingerprint density at radius 1 is 0.933 bits per heavy atom. The van der Waals surface area contributed by atoms with Gasteiger partial charge in [-0.1, -0.05) is 61.6 Å². The van der Waals surface area contributed by atoms with Crippen molar-refractivity contribution in [2.24, 2.45) is 0 Å². The van der Waals surface area contributed by atoms with Gasteiger partial charge in [-0.25, -0.2) is 4.79 Å². The minimum Gasteiger partial charge on any atom is -0.478 e. The number of aromatic carboxylic acids is 1. The Bertz CT molecular complexity index is 1140. The van der Waals surface area contributed by atoms with Gasteiger partial charge in [-0.3, -0.25) is 0 Å². The molecule has 0 fully saturated rings. The molecule has 0 heterocycles. The second-order valence-corrected chi connectivity index (χ2v) is 8.82. The average Bonchev–Trinajstić information content (AvgIpc) is 2.73. The molecule has 30 heavy (non-hydrogen) atoms. The van der Waals surface area contributed by atoms with Crippen molar-refractivity contribution in [3.8, 4) is 11.8 Å². The van der Waals surface area contributed by atoms with E-state index in [1.165, 1.54) is 28.7 Å². The predicted molar refractivity (Wildman–Crippen MR) is 121 cm³/mol. The SMILES string of the molecule is Cc1ccc(C2CCC(C)(C)c3ccc(C#Cc4ccc(C(=O)O)cc4)cc32)cc1. The van der Waals surface area contributed by atoms with Gasteiger partial charge in [0.25, 0.3) is 0 Å². The number of hydrogen-bond donors (Lipinski definition) is 1. The lowest BCUT2D eigenvalue weighted by Crippen LogP contribution is -2.26. The van der Waals surface area contributed by atoms with Crippen LogP contribution < -0.4 is 0 Å². The number of hydrogen-bond acceptors (Lipinski definition) is 1. The number of benzene rings is 3. The summed E-state index contributed by atoms with van der Waals surface area (Å²) in [6.07, 6.45) is 2.30. The van der Waals surface area contributed by atoms with Crippen LogP contribution in [0.5, 0.6) is 0 Å². The number of carboxylic acids is 1. The zero-order valence-electron chi connectivity index (χ0n) is 17.7. The van der Waals surface area contributed by atoms with Crippen molar-refractivity contribution >= 4 is 5.97 Å². The van der Waals surface area contributed by atoms with E-state index in [2.05, 4.69) is 75.1 Å². The first-order chi connectivity index (χ1) is 14.3. The van der Waals surface area contributed by atoms with Crippen molar-refractivity contribution in [2.45, 2.75) is 44.9 Å². The lowest BCUT2D eigenvalue weighted by Gasteiger charge is -2.37. The summed E-state index contributed by atoms with van der Waals surface area (Å²) in [4.78, 5) is 11.0. The Morgan fingerprint density at radius 2 is 1.57 bits per heavy atom. The zero-order chi connectivity index (χ0) is 21.3. The molecule has 0 radical (unpaired) electrons. The summed E-state index contributed by atoms with van der Waals surface area (Å²) in [6, 6.07) is 22.2. The number of carbonyl (C=O) groups is 1. The summed E-state index contributed by atoms with van der Waals surface area (Å²) in [7, 11) is 0. The summed E-state index contributed by atoms with van der Waals surface area (Å²) >= 11 is 0. The highest BCUT2D eigenvalue weighted by molar-refractivity contribution is 5.87. The normalized spacial score (nSPS) is 16.8. The van der Waals surface area contributed by atoms with Crippen LogP contribution >= 0.6 is 0 Å². The van der Waals surface area contributed by atoms with E-state index in [0.29, 0.717) is 5.92 Å². The molecule has 3 aromatic rings. The molecule has 0 aromatic heterocycles. The van der Waals surface area contributed by atoms with Crippen LogP contribution in [0.2, 0.25) is 0 Å². The number of rotatable bonds is 2. The molecule has 0 saturated heterocycles. The summed E-state index contributed by atoms with van der Waals surface area (Å²) in [5.41, 5.74) is 7.68. The Labute approximate surface area is 178 Å². The molecular formula is C28H26O2. The van der Waals surface area contributed by atoms with Crippen LogP contribution in [-0.2, 0) is 5.41 Å². The first-order valence-corrected chi connectivity index (χ1v) is 10.4. The van der Waals surface area contributed by atoms with Gasteiger partial charge in [0.1, 0.15) is 0 Å². The van der Waals surface area contributed by atoms with Gasteiger partial charge in [-0.15, -0.1) is 0 Å². The smallest absolute Gasteiger partial charge is 0.335 e. The Hall–Kier alpha value is -3.31. The molecule has 150 valence electrons. The average molecular weight is 395 g/mol. The molecule has 0 bridgehead atoms. The van der Waals surface area contributed by atoms with Crippen LogP contribution in [0.25, 0.3) is 0 Å². The van der Waals surface area contributed by atoms with Gasteiger partial charge >= 0.3 is 5.97 Å². The minimum atomic E-state index is -0.922. The summed E-state index contributed by atoms with van der Waals surface area (Å²) < 4.78 is 0. The van der Waals surface area contributed by atoms with E-state index in [9.17, 15) is 4.79 Å². The first-order valence-electron chi connectivity index (χ1n) is 10.4. The Kier molecular flexibility index (Phi) is 5.22. The largest absolute Gasteiger partial charge is 0.478 e. The molecule has 4 rings (SSSR count). The van der Waals surface area contributed by atoms with Gasteiger partial charge < -0.3 is 5.11 Å². The van der Waals surface area contributed by atoms with Gasteiger partial charge in [0.15, 0.2) is 0 Å². The molecule has 1 aliphatic carbocycles. The van der Waals surface area contributed by atoms with E-state index in [4.69, 9.17) is 5.11 Å². The summed E-state index contributed by atoms with van der Waals surface area (Å²) in [5.74, 6) is 5.92. The van der Waals surface area contributed by atoms with Crippen LogP contribution in [0, 0.1) is 18.8 Å². The van der Waals surface area contributed by atoms with Crippen LogP contribution in [0.1, 0.15) is 76.3 Å². The molecule has 1 aliphatic rings. The van der Waals surface area contributed by atoms with E-state index >= 15 is 0 Å². The third-order valence-electron chi connectivity index (χ3n) is 6.18. The fourth-order valence-electron chi connectivity index (χ4n) is 4.33. The van der Waals surface area contributed by atoms with E-state index in [1.807, 2.05) is 0 Å². The quantitative estimate of drug-likeness (QED) is 0.518. The highest BCUT2D eigenvalue weighted by Crippen LogP contribution is 2.45. The monoisotopic (exact) mass is 394 g/mol. The number of fused-ring (bicyclic) bond motifs is 1. The van der Waals surface area contributed by atoms with Gasteiger partial charge in [0, 0.05) is 17.0 Å². The van der Waals surface area contributed by atoms with Crippen molar-refractivity contribution in [3.05, 3.63) is 106 Å². The molecular weight excluding hydrogens is 368 g/mol. The summed E-state index contributed by atoms with van der Waals surface area (Å²) in [5, 5.41) is 9.04.